The van der Waals surface area contributed by atoms with Gasteiger partial charge in [0, 0.05) is 0 Å². The van der Waals surface area contributed by atoms with E-state index in [1.165, 1.54) is 25.7 Å². The molecule has 0 saturated heterocycles. The highest BCUT2D eigenvalue weighted by Crippen LogP contribution is 2.13. The van der Waals surface area contributed by atoms with Crippen LogP contribution in [0.2, 0.25) is 5.54 Å². The number of ether oxygens (including phenoxy) is 1. The summed E-state index contributed by atoms with van der Waals surface area (Å²) in [5, 5.41) is 0. The van der Waals surface area contributed by atoms with Crippen LogP contribution in [0.5, 0.6) is 0 Å². The maximum Gasteiger partial charge on any atom is 0.493 e. The van der Waals surface area contributed by atoms with E-state index in [1.807, 2.05) is 0 Å². The van der Waals surface area contributed by atoms with Gasteiger partial charge in [0.1, 0.15) is 0 Å². The first-order chi connectivity index (χ1) is 8.74. The Morgan fingerprint density at radius 2 is 1.61 bits per heavy atom. The predicted octanol–water partition coefficient (Wildman–Crippen LogP) is 4.19. The first kappa shape index (κ1) is 17.5. The summed E-state index contributed by atoms with van der Waals surface area (Å²) >= 11 is 0. The van der Waals surface area contributed by atoms with Crippen LogP contribution in [0.3, 0.4) is 0 Å². The van der Waals surface area contributed by atoms with E-state index in [4.69, 9.17) is 9.16 Å². The highest BCUT2D eigenvalue weighted by Gasteiger charge is 2.09. The predicted molar refractivity (Wildman–Crippen MR) is 78.7 cm³/mol. The van der Waals surface area contributed by atoms with E-state index < -0.39 is 15.9 Å². The van der Waals surface area contributed by atoms with E-state index in [-0.39, 0.29) is 0 Å². The molecule has 0 bridgehead atoms. The molecular weight excluding hydrogens is 244 g/mol. The molecule has 0 rings (SSSR count). The van der Waals surface area contributed by atoms with Crippen LogP contribution >= 0.6 is 0 Å². The maximum atomic E-state index is 11.3. The molecule has 0 saturated carbocycles. The van der Waals surface area contributed by atoms with E-state index in [9.17, 15) is 4.79 Å². The summed E-state index contributed by atoms with van der Waals surface area (Å²) in [4.78, 5) is 11.3. The molecular formula is C14H30O3Si. The van der Waals surface area contributed by atoms with Crippen LogP contribution in [-0.4, -0.2) is 22.5 Å². The van der Waals surface area contributed by atoms with Gasteiger partial charge in [-0.3, -0.25) is 0 Å². The number of hydrogen-bond acceptors (Lipinski definition) is 3. The van der Waals surface area contributed by atoms with Crippen LogP contribution in [0.15, 0.2) is 0 Å². The fourth-order valence-electron chi connectivity index (χ4n) is 1.79. The summed E-state index contributed by atoms with van der Waals surface area (Å²) in [6.07, 6.45) is 9.00. The van der Waals surface area contributed by atoms with Gasteiger partial charge in [0.2, 0.25) is 9.76 Å². The van der Waals surface area contributed by atoms with Crippen molar-refractivity contribution in [2.75, 3.05) is 6.61 Å². The van der Waals surface area contributed by atoms with Crippen LogP contribution in [0, 0.1) is 0 Å². The zero-order valence-corrected chi connectivity index (χ0v) is 13.8. The normalized spacial score (nSPS) is 11.3. The van der Waals surface area contributed by atoms with Gasteiger partial charge >= 0.3 is 6.16 Å². The Morgan fingerprint density at radius 1 is 1.00 bits per heavy atom. The lowest BCUT2D eigenvalue weighted by molar-refractivity contribution is 0.0980. The van der Waals surface area contributed by atoms with Gasteiger partial charge in [-0.1, -0.05) is 65.7 Å². The molecule has 0 aliphatic rings. The second-order valence-corrected chi connectivity index (χ2v) is 6.64. The topological polar surface area (TPSA) is 35.5 Å². The summed E-state index contributed by atoms with van der Waals surface area (Å²) in [6, 6.07) is 0. The molecule has 0 spiro atoms. The van der Waals surface area contributed by atoms with Crippen LogP contribution < -0.4 is 0 Å². The molecule has 0 fully saturated rings. The van der Waals surface area contributed by atoms with Crippen molar-refractivity contribution in [1.82, 2.24) is 0 Å². The monoisotopic (exact) mass is 274 g/mol. The van der Waals surface area contributed by atoms with Crippen molar-refractivity contribution in [3.63, 3.8) is 0 Å². The fourth-order valence-corrected chi connectivity index (χ4v) is 2.72. The lowest BCUT2D eigenvalue weighted by Gasteiger charge is -2.11. The largest absolute Gasteiger partial charge is 0.494 e. The average molecular weight is 274 g/mol. The van der Waals surface area contributed by atoms with Gasteiger partial charge in [-0.2, -0.15) is 0 Å². The summed E-state index contributed by atoms with van der Waals surface area (Å²) in [5.41, 5.74) is 0.603. The highest BCUT2D eigenvalue weighted by atomic mass is 28.2. The van der Waals surface area contributed by atoms with E-state index in [1.54, 1.807) is 0 Å². The Kier molecular flexibility index (Phi) is 12.6. The average Bonchev–Trinajstić information content (AvgIpc) is 2.39. The maximum absolute atomic E-state index is 11.3. The Balaban J connectivity index is 3.31. The van der Waals surface area contributed by atoms with Gasteiger partial charge in [-0.25, -0.2) is 4.79 Å². The third-order valence-corrected chi connectivity index (χ3v) is 5.34. The molecule has 0 N–H and O–H groups in total. The van der Waals surface area contributed by atoms with Gasteiger partial charge < -0.3 is 9.16 Å². The molecule has 4 heteroatoms. The Bertz CT molecular complexity index is 193. The molecule has 0 aliphatic heterocycles. The van der Waals surface area contributed by atoms with E-state index in [2.05, 4.69) is 20.8 Å². The van der Waals surface area contributed by atoms with E-state index in [0.29, 0.717) is 12.1 Å². The zero-order valence-electron chi connectivity index (χ0n) is 12.4. The number of hydrogen-bond donors (Lipinski definition) is 0. The fraction of sp³-hybridized carbons (Fsp3) is 0.929. The Morgan fingerprint density at radius 3 is 2.22 bits per heavy atom. The number of rotatable bonds is 11. The molecule has 108 valence electrons. The number of carbonyl (C=O) groups excluding carboxylic acids is 1. The molecule has 0 heterocycles. The van der Waals surface area contributed by atoms with Crippen molar-refractivity contribution in [1.29, 1.82) is 0 Å². The third-order valence-electron chi connectivity index (χ3n) is 3.31. The molecule has 0 radical (unpaired) electrons. The molecule has 3 nitrogen and oxygen atoms in total. The quantitative estimate of drug-likeness (QED) is 0.322. The lowest BCUT2D eigenvalue weighted by Crippen LogP contribution is -2.15. The molecule has 0 aromatic heterocycles. The number of unbranched alkanes of at least 4 members (excludes halogenated alkanes) is 5. The van der Waals surface area contributed by atoms with Crippen molar-refractivity contribution in [2.24, 2.45) is 0 Å². The minimum Gasteiger partial charge on any atom is -0.494 e. The smallest absolute Gasteiger partial charge is 0.493 e. The molecule has 18 heavy (non-hydrogen) atoms. The molecule has 0 aromatic carbocycles. The summed E-state index contributed by atoms with van der Waals surface area (Å²) < 4.78 is 10.3. The molecule has 0 atom stereocenters. The molecule has 0 unspecified atom stereocenters. The van der Waals surface area contributed by atoms with Crippen molar-refractivity contribution in [2.45, 2.75) is 77.7 Å². The lowest BCUT2D eigenvalue weighted by atomic mass is 10.1. The standard InChI is InChI=1S/C14H30O3Si/c1-4-7-8-9-10-11-12-16-14(15)17-18-13(5-2)6-3/h13H,4-12,18H2,1-3H3. The third kappa shape index (κ3) is 10.6. The van der Waals surface area contributed by atoms with E-state index >= 15 is 0 Å². The second kappa shape index (κ2) is 12.9. The van der Waals surface area contributed by atoms with Crippen LogP contribution in [0.4, 0.5) is 4.79 Å². The van der Waals surface area contributed by atoms with Crippen molar-refractivity contribution < 1.29 is 14.0 Å². The zero-order chi connectivity index (χ0) is 13.6. The minimum atomic E-state index is -0.748. The molecule has 0 amide bonds. The van der Waals surface area contributed by atoms with Crippen LogP contribution in [0.25, 0.3) is 0 Å². The van der Waals surface area contributed by atoms with E-state index in [0.717, 1.165) is 25.7 Å². The van der Waals surface area contributed by atoms with Crippen molar-refractivity contribution in [3.05, 3.63) is 0 Å². The first-order valence-corrected chi connectivity index (χ1v) is 8.93. The van der Waals surface area contributed by atoms with Gasteiger partial charge in [-0.05, 0) is 12.0 Å². The highest BCUT2D eigenvalue weighted by molar-refractivity contribution is 6.32. The van der Waals surface area contributed by atoms with Gasteiger partial charge in [0.05, 0.1) is 6.61 Å². The summed E-state index contributed by atoms with van der Waals surface area (Å²) in [5.74, 6) is 0. The number of carbonyl (C=O) groups is 1. The van der Waals surface area contributed by atoms with Gasteiger partial charge in [0.25, 0.3) is 0 Å². The van der Waals surface area contributed by atoms with Crippen LogP contribution in [0.1, 0.15) is 72.1 Å². The van der Waals surface area contributed by atoms with Gasteiger partial charge in [0.15, 0.2) is 0 Å². The SMILES string of the molecule is CCCCCCCCOC(=O)O[SiH2]C(CC)CC. The summed E-state index contributed by atoms with van der Waals surface area (Å²) in [7, 11) is -0.748. The first-order valence-electron chi connectivity index (χ1n) is 7.54. The Hall–Kier alpha value is -0.513. The Labute approximate surface area is 115 Å². The molecule has 0 aromatic rings. The summed E-state index contributed by atoms with van der Waals surface area (Å²) in [6.45, 7) is 7.02. The minimum absolute atomic E-state index is 0.442. The van der Waals surface area contributed by atoms with Crippen molar-refractivity contribution >= 4 is 15.9 Å². The molecule has 0 aliphatic carbocycles. The second-order valence-electron chi connectivity index (χ2n) is 4.86. The van der Waals surface area contributed by atoms with Crippen molar-refractivity contribution in [3.8, 4) is 0 Å². The van der Waals surface area contributed by atoms with Crippen LogP contribution in [-0.2, 0) is 9.16 Å². The van der Waals surface area contributed by atoms with Gasteiger partial charge in [-0.15, -0.1) is 0 Å².